The van der Waals surface area contributed by atoms with Gasteiger partial charge in [-0.3, -0.25) is 4.79 Å². The number of allylic oxidation sites excluding steroid dienone is 2. The molecule has 0 radical (unpaired) electrons. The molecule has 0 unspecified atom stereocenters. The van der Waals surface area contributed by atoms with Crippen molar-refractivity contribution in [2.24, 2.45) is 0 Å². The first-order chi connectivity index (χ1) is 18.8. The molecule has 0 bridgehead atoms. The Hall–Kier alpha value is -2.35. The highest BCUT2D eigenvalue weighted by atomic mass is 19.4. The first-order valence-corrected chi connectivity index (χ1v) is 14.6. The molecule has 1 N–H and O–H groups in total. The molecule has 39 heavy (non-hydrogen) atoms. The van der Waals surface area contributed by atoms with Crippen LogP contribution in [0.15, 0.2) is 42.5 Å². The van der Waals surface area contributed by atoms with Gasteiger partial charge < -0.3 is 14.8 Å². The average molecular weight is 554 g/mol. The number of carbonyl (C=O) groups is 2. The average Bonchev–Trinajstić information content (AvgIpc) is 3.63. The molecule has 0 aromatic heterocycles. The molecule has 2 rings (SSSR count). The summed E-state index contributed by atoms with van der Waals surface area (Å²) < 4.78 is 51.8. The fourth-order valence-electron chi connectivity index (χ4n) is 4.70. The molecule has 3 atom stereocenters. The molecule has 1 saturated carbocycles. The van der Waals surface area contributed by atoms with Crippen LogP contribution in [-0.4, -0.2) is 37.3 Å². The molecule has 1 aromatic rings. The van der Waals surface area contributed by atoms with Gasteiger partial charge in [0, 0.05) is 25.5 Å². The fraction of sp³-hybridized carbons (Fsp3) is 0.677. The highest BCUT2D eigenvalue weighted by Gasteiger charge is 2.65. The number of nitrogens with one attached hydrogen (secondary N) is 1. The van der Waals surface area contributed by atoms with Crippen molar-refractivity contribution in [3.8, 4) is 0 Å². The minimum Gasteiger partial charge on any atom is -0.457 e. The van der Waals surface area contributed by atoms with Crippen molar-refractivity contribution in [2.75, 3.05) is 7.11 Å². The number of esters is 1. The third-order valence-corrected chi connectivity index (χ3v) is 7.18. The molecule has 1 fully saturated rings. The zero-order chi connectivity index (χ0) is 28.6. The first kappa shape index (κ1) is 32.9. The molecule has 5 nitrogen and oxygen atoms in total. The largest absolute Gasteiger partial charge is 0.457 e. The Morgan fingerprint density at radius 3 is 2.03 bits per heavy atom. The second-order valence-corrected chi connectivity index (χ2v) is 10.4. The molecule has 0 aliphatic heterocycles. The van der Waals surface area contributed by atoms with Crippen molar-refractivity contribution < 1.29 is 32.2 Å². The Morgan fingerprint density at radius 1 is 0.897 bits per heavy atom. The molecule has 8 heteroatoms. The van der Waals surface area contributed by atoms with Gasteiger partial charge in [-0.25, -0.2) is 4.79 Å². The Morgan fingerprint density at radius 2 is 1.46 bits per heavy atom. The smallest absolute Gasteiger partial charge is 0.432 e. The Labute approximate surface area is 231 Å². The van der Waals surface area contributed by atoms with Crippen molar-refractivity contribution in [3.05, 3.63) is 48.0 Å². The zero-order valence-electron chi connectivity index (χ0n) is 23.6. The number of unbranched alkanes of at least 4 members (excludes halogenated alkanes) is 11. The summed E-state index contributed by atoms with van der Waals surface area (Å²) in [4.78, 5) is 24.9. The number of alkyl halides is 3. The predicted octanol–water partition coefficient (Wildman–Crippen LogP) is 7.93. The van der Waals surface area contributed by atoms with E-state index in [1.165, 1.54) is 69.2 Å². The van der Waals surface area contributed by atoms with Gasteiger partial charge in [0.2, 0.25) is 5.91 Å². The van der Waals surface area contributed by atoms with E-state index in [0.29, 0.717) is 6.42 Å². The minimum atomic E-state index is -5.02. The summed E-state index contributed by atoms with van der Waals surface area (Å²) in [6, 6.07) is 6.24. The number of ether oxygens (including phenoxy) is 2. The van der Waals surface area contributed by atoms with Crippen molar-refractivity contribution >= 4 is 11.9 Å². The molecule has 0 spiro atoms. The second-order valence-electron chi connectivity index (χ2n) is 10.4. The molecule has 1 aliphatic carbocycles. The molecule has 220 valence electrons. The normalized spacial score (nSPS) is 18.6. The Bertz CT molecular complexity index is 874. The molecule has 1 aliphatic rings. The quantitative estimate of drug-likeness (QED) is 0.101. The lowest BCUT2D eigenvalue weighted by atomic mass is 9.93. The van der Waals surface area contributed by atoms with Gasteiger partial charge >= 0.3 is 12.1 Å². The van der Waals surface area contributed by atoms with E-state index in [0.717, 1.165) is 45.6 Å². The van der Waals surface area contributed by atoms with Crippen LogP contribution in [0.4, 0.5) is 13.2 Å². The number of amides is 1. The highest BCUT2D eigenvalue weighted by Crippen LogP contribution is 2.44. The van der Waals surface area contributed by atoms with Crippen LogP contribution in [0, 0.1) is 0 Å². The monoisotopic (exact) mass is 553 g/mol. The van der Waals surface area contributed by atoms with Crippen LogP contribution in [0.5, 0.6) is 0 Å². The van der Waals surface area contributed by atoms with Crippen LogP contribution < -0.4 is 5.32 Å². The maximum Gasteiger partial charge on any atom is 0.432 e. The van der Waals surface area contributed by atoms with Gasteiger partial charge in [-0.15, -0.1) is 0 Å². The summed E-state index contributed by atoms with van der Waals surface area (Å²) in [5, 5.41) is 2.76. The van der Waals surface area contributed by atoms with E-state index >= 15 is 0 Å². The van der Waals surface area contributed by atoms with Crippen molar-refractivity contribution in [2.45, 2.75) is 127 Å². The maximum atomic E-state index is 14.0. The standard InChI is InChI=1S/C31H46F3NO4/c1-3-4-5-6-7-8-9-10-11-12-13-14-15-16-20-23-28(36)35-26-24-27(26)39-29(37)30(38-2,31(32,33)34)25-21-18-17-19-22-25/h10-11,17-19,21-22,26-27H,3-9,12-16,20,23-24H2,1-2H3,(H,35,36)/b11-10-/t26-,27+,30-/m1/s1. The van der Waals surface area contributed by atoms with E-state index in [1.807, 2.05) is 0 Å². The molecular weight excluding hydrogens is 507 g/mol. The van der Waals surface area contributed by atoms with Gasteiger partial charge in [0.25, 0.3) is 5.60 Å². The lowest BCUT2D eigenvalue weighted by molar-refractivity contribution is -0.277. The van der Waals surface area contributed by atoms with Crippen molar-refractivity contribution in [1.29, 1.82) is 0 Å². The summed E-state index contributed by atoms with van der Waals surface area (Å²) in [5.74, 6) is -1.70. The topological polar surface area (TPSA) is 64.6 Å². The summed E-state index contributed by atoms with van der Waals surface area (Å²) >= 11 is 0. The zero-order valence-corrected chi connectivity index (χ0v) is 23.6. The van der Waals surface area contributed by atoms with E-state index in [-0.39, 0.29) is 17.9 Å². The van der Waals surface area contributed by atoms with E-state index < -0.39 is 29.9 Å². The summed E-state index contributed by atoms with van der Waals surface area (Å²) in [5.41, 5.74) is -3.56. The van der Waals surface area contributed by atoms with E-state index in [2.05, 4.69) is 24.4 Å². The van der Waals surface area contributed by atoms with E-state index in [4.69, 9.17) is 9.47 Å². The number of hydrogen-bond acceptors (Lipinski definition) is 4. The van der Waals surface area contributed by atoms with Crippen LogP contribution in [-0.2, 0) is 24.7 Å². The lowest BCUT2D eigenvalue weighted by Crippen LogP contribution is -2.52. The highest BCUT2D eigenvalue weighted by molar-refractivity contribution is 5.83. The van der Waals surface area contributed by atoms with Gasteiger partial charge in [0.1, 0.15) is 6.10 Å². The number of methoxy groups -OCH3 is 1. The molecular formula is C31H46F3NO4. The second kappa shape index (κ2) is 17.4. The fourth-order valence-corrected chi connectivity index (χ4v) is 4.70. The Balaban J connectivity index is 1.57. The maximum absolute atomic E-state index is 14.0. The van der Waals surface area contributed by atoms with Gasteiger partial charge in [-0.1, -0.05) is 101 Å². The van der Waals surface area contributed by atoms with Crippen LogP contribution in [0.25, 0.3) is 0 Å². The molecule has 0 heterocycles. The lowest BCUT2D eigenvalue weighted by Gasteiger charge is -2.32. The third kappa shape index (κ3) is 11.0. The third-order valence-electron chi connectivity index (χ3n) is 7.18. The summed E-state index contributed by atoms with van der Waals surface area (Å²) in [6.07, 6.45) is 14.7. The van der Waals surface area contributed by atoms with Crippen LogP contribution >= 0.6 is 0 Å². The number of rotatable bonds is 20. The molecule has 0 saturated heterocycles. The minimum absolute atomic E-state index is 0.173. The van der Waals surface area contributed by atoms with Crippen molar-refractivity contribution in [3.63, 3.8) is 0 Å². The van der Waals surface area contributed by atoms with Gasteiger partial charge in [-0.05, 0) is 32.1 Å². The van der Waals surface area contributed by atoms with Gasteiger partial charge in [0.05, 0.1) is 6.04 Å². The summed E-state index contributed by atoms with van der Waals surface area (Å²) in [7, 11) is 0.835. The predicted molar refractivity (Wildman–Crippen MR) is 147 cm³/mol. The number of hydrogen-bond donors (Lipinski definition) is 1. The van der Waals surface area contributed by atoms with Crippen LogP contribution in [0.3, 0.4) is 0 Å². The summed E-state index contributed by atoms with van der Waals surface area (Å²) in [6.45, 7) is 2.24. The van der Waals surface area contributed by atoms with Gasteiger partial charge in [0.15, 0.2) is 0 Å². The van der Waals surface area contributed by atoms with E-state index in [9.17, 15) is 22.8 Å². The van der Waals surface area contributed by atoms with Crippen LogP contribution in [0.2, 0.25) is 0 Å². The van der Waals surface area contributed by atoms with Crippen LogP contribution in [0.1, 0.15) is 109 Å². The number of carbonyl (C=O) groups excluding carboxylic acids is 2. The van der Waals surface area contributed by atoms with E-state index in [1.54, 1.807) is 6.07 Å². The SMILES string of the molecule is CCCCCCCC/C=C\CCCCCCCC(=O)N[C@@H]1C[C@@H]1OC(=O)[C@](OC)(c1ccccc1)C(F)(F)F. The van der Waals surface area contributed by atoms with Crippen molar-refractivity contribution in [1.82, 2.24) is 5.32 Å². The number of halogens is 3. The first-order valence-electron chi connectivity index (χ1n) is 14.6. The molecule has 1 amide bonds. The Kier molecular flexibility index (Phi) is 14.6. The number of benzene rings is 1. The van der Waals surface area contributed by atoms with Gasteiger partial charge in [-0.2, -0.15) is 13.2 Å². The molecule has 1 aromatic carbocycles.